The molecule has 0 fully saturated rings. The van der Waals surface area contributed by atoms with Crippen molar-refractivity contribution in [3.8, 4) is 11.3 Å². The van der Waals surface area contributed by atoms with Crippen LogP contribution < -0.4 is 0 Å². The maximum absolute atomic E-state index is 12.8. The van der Waals surface area contributed by atoms with Crippen molar-refractivity contribution in [2.24, 2.45) is 0 Å². The molecule has 144 valence electrons. The lowest BCUT2D eigenvalue weighted by molar-refractivity contribution is 0.0785. The molecule has 0 unspecified atom stereocenters. The average molecular weight is 374 g/mol. The molecular weight excluding hydrogens is 348 g/mol. The van der Waals surface area contributed by atoms with Gasteiger partial charge >= 0.3 is 0 Å². The summed E-state index contributed by atoms with van der Waals surface area (Å²) in [6, 6.07) is 11.6. The molecule has 3 aromatic rings. The van der Waals surface area contributed by atoms with Crippen LogP contribution in [0, 0.1) is 13.8 Å². The first kappa shape index (κ1) is 19.7. The molecule has 0 saturated heterocycles. The van der Waals surface area contributed by atoms with E-state index in [0.717, 1.165) is 46.7 Å². The third kappa shape index (κ3) is 4.60. The molecule has 0 N–H and O–H groups in total. The van der Waals surface area contributed by atoms with Crippen LogP contribution in [0.25, 0.3) is 11.3 Å². The Hall–Kier alpha value is -3.08. The van der Waals surface area contributed by atoms with Crippen molar-refractivity contribution in [1.82, 2.24) is 19.9 Å². The molecule has 0 aliphatic heterocycles. The minimum atomic E-state index is -0.00620. The Labute approximate surface area is 166 Å². The average Bonchev–Trinajstić information content (AvgIpc) is 2.69. The molecule has 0 aliphatic carbocycles. The molecule has 0 aliphatic rings. The van der Waals surface area contributed by atoms with Crippen molar-refractivity contribution in [1.29, 1.82) is 0 Å². The molecule has 1 amide bonds. The summed E-state index contributed by atoms with van der Waals surface area (Å²) in [4.78, 5) is 27.7. The molecule has 28 heavy (non-hydrogen) atoms. The van der Waals surface area contributed by atoms with E-state index in [4.69, 9.17) is 0 Å². The van der Waals surface area contributed by atoms with Gasteiger partial charge < -0.3 is 4.90 Å². The van der Waals surface area contributed by atoms with E-state index in [-0.39, 0.29) is 5.91 Å². The Bertz CT molecular complexity index is 967. The van der Waals surface area contributed by atoms with Crippen LogP contribution in [0.2, 0.25) is 0 Å². The van der Waals surface area contributed by atoms with Gasteiger partial charge in [0.05, 0.1) is 5.69 Å². The first-order valence-corrected chi connectivity index (χ1v) is 9.58. The first-order valence-electron chi connectivity index (χ1n) is 9.58. The van der Waals surface area contributed by atoms with Crippen LogP contribution in [0.4, 0.5) is 0 Å². The number of aromatic nitrogens is 3. The first-order chi connectivity index (χ1) is 13.5. The number of hydrogen-bond acceptors (Lipinski definition) is 4. The fourth-order valence-electron chi connectivity index (χ4n) is 3.17. The molecule has 2 heterocycles. The molecule has 3 rings (SSSR count). The van der Waals surface area contributed by atoms with Gasteiger partial charge in [0, 0.05) is 42.8 Å². The maximum Gasteiger partial charge on any atom is 0.253 e. The summed E-state index contributed by atoms with van der Waals surface area (Å²) in [6.45, 7) is 6.62. The Kier molecular flexibility index (Phi) is 6.14. The van der Waals surface area contributed by atoms with Gasteiger partial charge in [-0.1, -0.05) is 25.5 Å². The standard InChI is InChI=1S/C23H26N4O/c1-5-6-21-13-22(26-17(3)25-21)18-7-9-19(10-8-18)23(28)27(4)15-20-11-12-24-14-16(20)2/h7-14H,5-6,15H2,1-4H3. The van der Waals surface area contributed by atoms with Gasteiger partial charge in [0.25, 0.3) is 5.91 Å². The molecule has 2 aromatic heterocycles. The number of amides is 1. The van der Waals surface area contributed by atoms with Gasteiger partial charge in [-0.3, -0.25) is 9.78 Å². The van der Waals surface area contributed by atoms with E-state index in [0.29, 0.717) is 12.1 Å². The highest BCUT2D eigenvalue weighted by Gasteiger charge is 2.13. The van der Waals surface area contributed by atoms with E-state index in [9.17, 15) is 4.79 Å². The van der Waals surface area contributed by atoms with Crippen LogP contribution in [0.5, 0.6) is 0 Å². The van der Waals surface area contributed by atoms with Gasteiger partial charge in [0.15, 0.2) is 0 Å². The largest absolute Gasteiger partial charge is 0.337 e. The lowest BCUT2D eigenvalue weighted by atomic mass is 10.1. The van der Waals surface area contributed by atoms with Gasteiger partial charge in [0.1, 0.15) is 5.82 Å². The van der Waals surface area contributed by atoms with E-state index >= 15 is 0 Å². The SMILES string of the molecule is CCCc1cc(-c2ccc(C(=O)N(C)Cc3ccncc3C)cc2)nc(C)n1. The number of pyridine rings is 1. The van der Waals surface area contributed by atoms with E-state index < -0.39 is 0 Å². The lowest BCUT2D eigenvalue weighted by Gasteiger charge is -2.18. The molecule has 0 radical (unpaired) electrons. The lowest BCUT2D eigenvalue weighted by Crippen LogP contribution is -2.26. The highest BCUT2D eigenvalue weighted by atomic mass is 16.2. The molecule has 0 spiro atoms. The fourth-order valence-corrected chi connectivity index (χ4v) is 3.17. The number of carbonyl (C=O) groups is 1. The van der Waals surface area contributed by atoms with Crippen molar-refractivity contribution < 1.29 is 4.79 Å². The maximum atomic E-state index is 12.8. The number of rotatable bonds is 6. The van der Waals surface area contributed by atoms with Gasteiger partial charge in [0.2, 0.25) is 0 Å². The zero-order valence-corrected chi connectivity index (χ0v) is 16.9. The van der Waals surface area contributed by atoms with Crippen LogP contribution in [0.1, 0.15) is 46.3 Å². The van der Waals surface area contributed by atoms with Crippen LogP contribution in [-0.2, 0) is 13.0 Å². The number of nitrogens with zero attached hydrogens (tertiary/aromatic N) is 4. The molecular formula is C23H26N4O. The Morgan fingerprint density at radius 1 is 1.07 bits per heavy atom. The van der Waals surface area contributed by atoms with Gasteiger partial charge in [-0.25, -0.2) is 9.97 Å². The predicted octanol–water partition coefficient (Wildman–Crippen LogP) is 4.38. The van der Waals surface area contributed by atoms with Crippen molar-refractivity contribution in [2.75, 3.05) is 7.05 Å². The topological polar surface area (TPSA) is 59.0 Å². The van der Waals surface area contributed by atoms with E-state index in [1.165, 1.54) is 0 Å². The zero-order chi connectivity index (χ0) is 20.1. The number of carbonyl (C=O) groups excluding carboxylic acids is 1. The van der Waals surface area contributed by atoms with E-state index in [1.54, 1.807) is 11.1 Å². The Morgan fingerprint density at radius 2 is 1.82 bits per heavy atom. The third-order valence-corrected chi connectivity index (χ3v) is 4.72. The fraction of sp³-hybridized carbons (Fsp3) is 0.304. The summed E-state index contributed by atoms with van der Waals surface area (Å²) in [5, 5.41) is 0. The zero-order valence-electron chi connectivity index (χ0n) is 16.9. The summed E-state index contributed by atoms with van der Waals surface area (Å²) in [6.07, 6.45) is 5.56. The van der Waals surface area contributed by atoms with Crippen molar-refractivity contribution >= 4 is 5.91 Å². The normalized spacial score (nSPS) is 10.7. The molecule has 5 heteroatoms. The van der Waals surface area contributed by atoms with Crippen LogP contribution >= 0.6 is 0 Å². The summed E-state index contributed by atoms with van der Waals surface area (Å²) in [5.41, 5.74) is 5.79. The summed E-state index contributed by atoms with van der Waals surface area (Å²) in [5.74, 6) is 0.766. The van der Waals surface area contributed by atoms with Gasteiger partial charge in [-0.15, -0.1) is 0 Å². The molecule has 0 bridgehead atoms. The minimum absolute atomic E-state index is 0.00620. The summed E-state index contributed by atoms with van der Waals surface area (Å²) < 4.78 is 0. The second-order valence-corrected chi connectivity index (χ2v) is 7.08. The quantitative estimate of drug-likeness (QED) is 0.642. The molecule has 5 nitrogen and oxygen atoms in total. The highest BCUT2D eigenvalue weighted by Crippen LogP contribution is 2.20. The van der Waals surface area contributed by atoms with Crippen molar-refractivity contribution in [2.45, 2.75) is 40.2 Å². The number of aryl methyl sites for hydroxylation is 3. The van der Waals surface area contributed by atoms with E-state index in [1.807, 2.05) is 63.5 Å². The van der Waals surface area contributed by atoms with Crippen molar-refractivity contribution in [3.05, 3.63) is 77.0 Å². The monoisotopic (exact) mass is 374 g/mol. The summed E-state index contributed by atoms with van der Waals surface area (Å²) in [7, 11) is 1.82. The molecule has 0 saturated carbocycles. The van der Waals surface area contributed by atoms with Crippen LogP contribution in [0.3, 0.4) is 0 Å². The minimum Gasteiger partial charge on any atom is -0.337 e. The third-order valence-electron chi connectivity index (χ3n) is 4.72. The number of hydrogen-bond donors (Lipinski definition) is 0. The Balaban J connectivity index is 1.77. The smallest absolute Gasteiger partial charge is 0.253 e. The second kappa shape index (κ2) is 8.74. The van der Waals surface area contributed by atoms with Crippen molar-refractivity contribution in [3.63, 3.8) is 0 Å². The number of benzene rings is 1. The van der Waals surface area contributed by atoms with Gasteiger partial charge in [-0.05, 0) is 55.7 Å². The molecule has 1 aromatic carbocycles. The highest BCUT2D eigenvalue weighted by molar-refractivity contribution is 5.94. The Morgan fingerprint density at radius 3 is 2.50 bits per heavy atom. The summed E-state index contributed by atoms with van der Waals surface area (Å²) >= 11 is 0. The van der Waals surface area contributed by atoms with Gasteiger partial charge in [-0.2, -0.15) is 0 Å². The van der Waals surface area contributed by atoms with Crippen LogP contribution in [0.15, 0.2) is 48.8 Å². The van der Waals surface area contributed by atoms with Crippen LogP contribution in [-0.4, -0.2) is 32.8 Å². The van der Waals surface area contributed by atoms with E-state index in [2.05, 4.69) is 21.9 Å². The molecule has 0 atom stereocenters. The predicted molar refractivity (Wildman–Crippen MR) is 111 cm³/mol. The second-order valence-electron chi connectivity index (χ2n) is 7.08.